The van der Waals surface area contributed by atoms with E-state index in [1.165, 1.54) is 0 Å². The van der Waals surface area contributed by atoms with Gasteiger partial charge in [0.25, 0.3) is 0 Å². The summed E-state index contributed by atoms with van der Waals surface area (Å²) in [6.07, 6.45) is 0.976. The normalized spacial score (nSPS) is 22.7. The van der Waals surface area contributed by atoms with Gasteiger partial charge < -0.3 is 15.0 Å². The Labute approximate surface area is 112 Å². The van der Waals surface area contributed by atoms with E-state index in [-0.39, 0.29) is 12.1 Å². The topological polar surface area (TPSA) is 66.0 Å². The van der Waals surface area contributed by atoms with Crippen LogP contribution < -0.4 is 5.73 Å². The summed E-state index contributed by atoms with van der Waals surface area (Å²) in [4.78, 5) is 9.09. The van der Waals surface area contributed by atoms with Crippen molar-refractivity contribution in [3.8, 4) is 0 Å². The smallest absolute Gasteiger partial charge is 0.151 e. The fraction of sp³-hybridized carbons (Fsp3) is 0.571. The predicted octanol–water partition coefficient (Wildman–Crippen LogP) is 2.67. The fourth-order valence-electron chi connectivity index (χ4n) is 2.85. The third-order valence-electron chi connectivity index (χ3n) is 4.01. The Hall–Kier alpha value is -1.62. The summed E-state index contributed by atoms with van der Waals surface area (Å²) >= 11 is 0. The Morgan fingerprint density at radius 2 is 2.11 bits per heavy atom. The molecule has 2 N–H and O–H groups in total. The average Bonchev–Trinajstić information content (AvgIpc) is 2.78. The number of aryl methyl sites for hydroxylation is 2. The van der Waals surface area contributed by atoms with Crippen molar-refractivity contribution in [3.05, 3.63) is 17.1 Å². The number of nitrogen functional groups attached to an aromatic ring is 1. The zero-order chi connectivity index (χ0) is 13.7. The lowest BCUT2D eigenvalue weighted by Gasteiger charge is -2.29. The van der Waals surface area contributed by atoms with E-state index < -0.39 is 0 Å². The lowest BCUT2D eigenvalue weighted by molar-refractivity contribution is -0.0000347. The minimum atomic E-state index is 0.0581. The van der Waals surface area contributed by atoms with Crippen LogP contribution in [0.3, 0.4) is 0 Å². The van der Waals surface area contributed by atoms with Crippen LogP contribution in [0.4, 0.5) is 5.82 Å². The van der Waals surface area contributed by atoms with Crippen LogP contribution in [0.15, 0.2) is 0 Å². The first-order valence-electron chi connectivity index (χ1n) is 6.80. The molecule has 3 heterocycles. The van der Waals surface area contributed by atoms with E-state index in [9.17, 15) is 0 Å². The Bertz CT molecular complexity index is 647. The maximum absolute atomic E-state index is 6.04. The number of fused-ring (bicyclic) bond motifs is 3. The lowest BCUT2D eigenvalue weighted by Crippen LogP contribution is -2.25. The van der Waals surface area contributed by atoms with Gasteiger partial charge in [0.05, 0.1) is 18.2 Å². The highest BCUT2D eigenvalue weighted by molar-refractivity contribution is 5.88. The van der Waals surface area contributed by atoms with Crippen molar-refractivity contribution in [2.24, 2.45) is 0 Å². The molecule has 102 valence electrons. The summed E-state index contributed by atoms with van der Waals surface area (Å²) in [5, 5.41) is 0. The molecule has 2 aromatic heterocycles. The van der Waals surface area contributed by atoms with Crippen molar-refractivity contribution in [2.75, 3.05) is 12.3 Å². The van der Waals surface area contributed by atoms with E-state index in [0.717, 1.165) is 41.1 Å². The SMILES string of the molecule is CCC1OC[C@H](C)n2c1nc1c(N)nc(C)c(C)c12. The maximum atomic E-state index is 6.04. The molecule has 0 fully saturated rings. The molecule has 0 radical (unpaired) electrons. The fourth-order valence-corrected chi connectivity index (χ4v) is 2.85. The van der Waals surface area contributed by atoms with Crippen LogP contribution in [0, 0.1) is 13.8 Å². The minimum absolute atomic E-state index is 0.0581. The van der Waals surface area contributed by atoms with E-state index in [1.54, 1.807) is 0 Å². The largest absolute Gasteiger partial charge is 0.382 e. The molecular weight excluding hydrogens is 240 g/mol. The van der Waals surface area contributed by atoms with Crippen LogP contribution in [-0.4, -0.2) is 21.1 Å². The molecule has 0 saturated carbocycles. The van der Waals surface area contributed by atoms with Gasteiger partial charge >= 0.3 is 0 Å². The molecule has 3 rings (SSSR count). The van der Waals surface area contributed by atoms with Gasteiger partial charge in [0.1, 0.15) is 17.4 Å². The van der Waals surface area contributed by atoms with Crippen molar-refractivity contribution >= 4 is 16.9 Å². The predicted molar refractivity (Wildman–Crippen MR) is 75.1 cm³/mol. The summed E-state index contributed by atoms with van der Waals surface area (Å²) in [6.45, 7) is 9.07. The third-order valence-corrected chi connectivity index (χ3v) is 4.01. The van der Waals surface area contributed by atoms with Gasteiger partial charge in [-0.25, -0.2) is 9.97 Å². The lowest BCUT2D eigenvalue weighted by atomic mass is 10.1. The minimum Gasteiger partial charge on any atom is -0.382 e. The van der Waals surface area contributed by atoms with Crippen LogP contribution >= 0.6 is 0 Å². The van der Waals surface area contributed by atoms with E-state index in [0.29, 0.717) is 5.82 Å². The number of nitrogens with two attached hydrogens (primary N) is 1. The number of ether oxygens (including phenoxy) is 1. The standard InChI is InChI=1S/C14H20N4O/c1-5-10-14-17-11-12(18(14)7(2)6-19-10)8(3)9(4)16-13(11)15/h7,10H,5-6H2,1-4H3,(H2,15,16)/t7-,10?/m0/s1. The highest BCUT2D eigenvalue weighted by atomic mass is 16.5. The van der Waals surface area contributed by atoms with E-state index >= 15 is 0 Å². The Balaban J connectivity index is 2.40. The maximum Gasteiger partial charge on any atom is 0.151 e. The molecule has 2 aromatic rings. The molecule has 1 unspecified atom stereocenters. The number of anilines is 1. The number of aromatic nitrogens is 3. The van der Waals surface area contributed by atoms with Gasteiger partial charge in [0.15, 0.2) is 5.82 Å². The Morgan fingerprint density at radius 1 is 1.37 bits per heavy atom. The zero-order valence-corrected chi connectivity index (χ0v) is 11.9. The van der Waals surface area contributed by atoms with Gasteiger partial charge in [-0.05, 0) is 32.8 Å². The first-order valence-corrected chi connectivity index (χ1v) is 6.80. The summed E-state index contributed by atoms with van der Waals surface area (Å²) < 4.78 is 8.15. The summed E-state index contributed by atoms with van der Waals surface area (Å²) in [5.74, 6) is 1.50. The van der Waals surface area contributed by atoms with Crippen LogP contribution in [-0.2, 0) is 4.74 Å². The van der Waals surface area contributed by atoms with Crippen LogP contribution in [0.2, 0.25) is 0 Å². The van der Waals surface area contributed by atoms with Crippen molar-refractivity contribution in [3.63, 3.8) is 0 Å². The van der Waals surface area contributed by atoms with E-state index in [1.807, 2.05) is 6.92 Å². The number of imidazole rings is 1. The second-order valence-corrected chi connectivity index (χ2v) is 5.32. The van der Waals surface area contributed by atoms with Crippen molar-refractivity contribution in [1.29, 1.82) is 0 Å². The zero-order valence-electron chi connectivity index (χ0n) is 11.9. The monoisotopic (exact) mass is 260 g/mol. The second kappa shape index (κ2) is 4.20. The van der Waals surface area contributed by atoms with E-state index in [2.05, 4.69) is 30.3 Å². The highest BCUT2D eigenvalue weighted by Crippen LogP contribution is 2.36. The number of hydrogen-bond acceptors (Lipinski definition) is 4. The molecule has 0 aliphatic carbocycles. The average molecular weight is 260 g/mol. The molecule has 1 aliphatic rings. The summed E-state index contributed by atoms with van der Waals surface area (Å²) in [7, 11) is 0. The first-order chi connectivity index (χ1) is 9.04. The molecule has 0 bridgehead atoms. The van der Waals surface area contributed by atoms with Gasteiger partial charge in [-0.3, -0.25) is 0 Å². The molecule has 1 aliphatic heterocycles. The van der Waals surface area contributed by atoms with E-state index in [4.69, 9.17) is 15.5 Å². The summed E-state index contributed by atoms with van der Waals surface area (Å²) in [5.41, 5.74) is 10.1. The Morgan fingerprint density at radius 3 is 2.79 bits per heavy atom. The van der Waals surface area contributed by atoms with Crippen molar-refractivity contribution < 1.29 is 4.74 Å². The molecule has 5 nitrogen and oxygen atoms in total. The van der Waals surface area contributed by atoms with Crippen LogP contribution in [0.5, 0.6) is 0 Å². The molecule has 0 saturated heterocycles. The molecular formula is C14H20N4O. The number of nitrogens with zero attached hydrogens (tertiary/aromatic N) is 3. The number of pyridine rings is 1. The highest BCUT2D eigenvalue weighted by Gasteiger charge is 2.29. The Kier molecular flexibility index (Phi) is 2.74. The van der Waals surface area contributed by atoms with Crippen LogP contribution in [0.1, 0.15) is 49.5 Å². The van der Waals surface area contributed by atoms with Gasteiger partial charge in [-0.2, -0.15) is 0 Å². The third kappa shape index (κ3) is 1.64. The van der Waals surface area contributed by atoms with Gasteiger partial charge in [-0.15, -0.1) is 0 Å². The number of hydrogen-bond donors (Lipinski definition) is 1. The van der Waals surface area contributed by atoms with Gasteiger partial charge in [-0.1, -0.05) is 6.92 Å². The van der Waals surface area contributed by atoms with Gasteiger partial charge in [0, 0.05) is 5.69 Å². The molecule has 2 atom stereocenters. The second-order valence-electron chi connectivity index (χ2n) is 5.32. The van der Waals surface area contributed by atoms with Crippen LogP contribution in [0.25, 0.3) is 11.0 Å². The quantitative estimate of drug-likeness (QED) is 0.856. The van der Waals surface area contributed by atoms with Gasteiger partial charge in [0.2, 0.25) is 0 Å². The molecule has 19 heavy (non-hydrogen) atoms. The molecule has 0 amide bonds. The number of rotatable bonds is 1. The molecule has 0 aromatic carbocycles. The molecule has 5 heteroatoms. The van der Waals surface area contributed by atoms with Crippen molar-refractivity contribution in [2.45, 2.75) is 46.3 Å². The first kappa shape index (κ1) is 12.4. The van der Waals surface area contributed by atoms with Crippen molar-refractivity contribution in [1.82, 2.24) is 14.5 Å². The molecule has 0 spiro atoms. The summed E-state index contributed by atoms with van der Waals surface area (Å²) in [6, 6.07) is 0.280.